The van der Waals surface area contributed by atoms with Crippen molar-refractivity contribution >= 4 is 40.1 Å². The number of imidazole rings is 1. The molecule has 11 heteroatoms. The number of fused-ring (bicyclic) bond motifs is 1. The molecule has 6 nitrogen and oxygen atoms in total. The van der Waals surface area contributed by atoms with E-state index in [2.05, 4.69) is 20.6 Å². The molecule has 2 atom stereocenters. The van der Waals surface area contributed by atoms with Crippen LogP contribution in [0.15, 0.2) is 36.4 Å². The van der Waals surface area contributed by atoms with Crippen LogP contribution in [0.1, 0.15) is 36.6 Å². The summed E-state index contributed by atoms with van der Waals surface area (Å²) in [6.07, 6.45) is -3.61. The molecule has 0 bridgehead atoms. The number of hydrogen-bond donors (Lipinski definition) is 3. The molecule has 2 aliphatic rings. The molecule has 0 aliphatic heterocycles. The Labute approximate surface area is 189 Å². The Morgan fingerprint density at radius 2 is 1.91 bits per heavy atom. The Kier molecular flexibility index (Phi) is 4.89. The van der Waals surface area contributed by atoms with Gasteiger partial charge in [-0.2, -0.15) is 13.2 Å². The molecule has 0 radical (unpaired) electrons. The van der Waals surface area contributed by atoms with E-state index in [1.165, 1.54) is 0 Å². The Morgan fingerprint density at radius 3 is 2.61 bits per heavy atom. The van der Waals surface area contributed by atoms with Gasteiger partial charge in [0, 0.05) is 22.5 Å². The summed E-state index contributed by atoms with van der Waals surface area (Å²) in [6.45, 7) is 0. The lowest BCUT2D eigenvalue weighted by Gasteiger charge is -2.18. The lowest BCUT2D eigenvalue weighted by Crippen LogP contribution is -2.46. The van der Waals surface area contributed by atoms with E-state index in [1.54, 1.807) is 18.2 Å². The largest absolute Gasteiger partial charge is 0.419 e. The molecule has 0 spiro atoms. The van der Waals surface area contributed by atoms with Gasteiger partial charge >= 0.3 is 6.18 Å². The van der Waals surface area contributed by atoms with Gasteiger partial charge in [0.15, 0.2) is 0 Å². The van der Waals surface area contributed by atoms with Crippen molar-refractivity contribution in [3.05, 3.63) is 58.6 Å². The molecular formula is C22H17ClF4N4O2. The zero-order valence-corrected chi connectivity index (χ0v) is 17.6. The second-order valence-electron chi connectivity index (χ2n) is 8.45. The van der Waals surface area contributed by atoms with E-state index in [1.807, 2.05) is 0 Å². The van der Waals surface area contributed by atoms with Crippen molar-refractivity contribution in [2.75, 3.05) is 5.32 Å². The Balaban J connectivity index is 1.24. The lowest BCUT2D eigenvalue weighted by molar-refractivity contribution is -0.140. The molecule has 1 unspecified atom stereocenters. The minimum Gasteiger partial charge on any atom is -0.342 e. The average molecular weight is 481 g/mol. The number of rotatable bonds is 5. The first-order valence-electron chi connectivity index (χ1n) is 10.2. The van der Waals surface area contributed by atoms with Crippen molar-refractivity contribution in [2.45, 2.75) is 36.9 Å². The number of nitrogens with zero attached hydrogens (tertiary/aromatic N) is 1. The van der Waals surface area contributed by atoms with Crippen LogP contribution in [-0.2, 0) is 15.8 Å². The van der Waals surface area contributed by atoms with Gasteiger partial charge in [0.2, 0.25) is 11.8 Å². The van der Waals surface area contributed by atoms with Crippen LogP contribution in [0.5, 0.6) is 0 Å². The maximum absolute atomic E-state index is 13.5. The third-order valence-corrected chi connectivity index (χ3v) is 6.25. The molecule has 2 fully saturated rings. The maximum atomic E-state index is 13.5. The number of aromatic amines is 1. The highest BCUT2D eigenvalue weighted by Crippen LogP contribution is 2.48. The van der Waals surface area contributed by atoms with Crippen LogP contribution in [-0.4, -0.2) is 27.3 Å². The third kappa shape index (κ3) is 4.15. The number of halogens is 5. The summed E-state index contributed by atoms with van der Waals surface area (Å²) in [5, 5.41) is 5.66. The van der Waals surface area contributed by atoms with Crippen molar-refractivity contribution < 1.29 is 27.2 Å². The van der Waals surface area contributed by atoms with E-state index in [9.17, 15) is 27.2 Å². The lowest BCUT2D eigenvalue weighted by atomic mass is 10.1. The summed E-state index contributed by atoms with van der Waals surface area (Å²) in [5.41, 5.74) is -1.35. The quantitative estimate of drug-likeness (QED) is 0.460. The third-order valence-electron chi connectivity index (χ3n) is 6.02. The zero-order chi connectivity index (χ0) is 23.5. The summed E-state index contributed by atoms with van der Waals surface area (Å²) in [7, 11) is 0. The second-order valence-corrected chi connectivity index (χ2v) is 8.89. The predicted molar refractivity (Wildman–Crippen MR) is 112 cm³/mol. The molecular weight excluding hydrogens is 464 g/mol. The van der Waals surface area contributed by atoms with Crippen molar-refractivity contribution in [1.29, 1.82) is 0 Å². The maximum Gasteiger partial charge on any atom is 0.419 e. The van der Waals surface area contributed by atoms with Crippen molar-refractivity contribution in [3.8, 4) is 0 Å². The van der Waals surface area contributed by atoms with E-state index in [-0.39, 0.29) is 23.4 Å². The molecule has 2 saturated carbocycles. The molecule has 2 aliphatic carbocycles. The molecule has 33 heavy (non-hydrogen) atoms. The standard InChI is InChI=1S/C22H17ClF4N4O2/c23-10-1-4-16-17(7-10)30-18(29-16)12-9-13(12)19(32)31-21(5-6-21)20(33)28-11-2-3-15(24)14(8-11)22(25,26)27/h1-4,7-8,12-13H,5-6,9H2,(H,28,33)(H,29,30)(H,31,32)/t12-,13?/m0/s1. The zero-order valence-electron chi connectivity index (χ0n) is 16.9. The van der Waals surface area contributed by atoms with Crippen LogP contribution in [0.2, 0.25) is 5.02 Å². The van der Waals surface area contributed by atoms with Gasteiger partial charge < -0.3 is 15.6 Å². The number of carbonyl (C=O) groups is 2. The van der Waals surface area contributed by atoms with Crippen LogP contribution in [0.4, 0.5) is 23.2 Å². The fraction of sp³-hybridized carbons (Fsp3) is 0.318. The number of aromatic nitrogens is 2. The predicted octanol–water partition coefficient (Wildman–Crippen LogP) is 4.77. The fourth-order valence-electron chi connectivity index (χ4n) is 3.90. The van der Waals surface area contributed by atoms with Crippen LogP contribution in [0, 0.1) is 11.7 Å². The van der Waals surface area contributed by atoms with E-state index < -0.39 is 29.0 Å². The molecule has 2 aromatic carbocycles. The monoisotopic (exact) mass is 480 g/mol. The van der Waals surface area contributed by atoms with Crippen molar-refractivity contribution in [3.63, 3.8) is 0 Å². The van der Waals surface area contributed by atoms with Gasteiger partial charge in [0.05, 0.1) is 16.6 Å². The minimum atomic E-state index is -4.89. The molecule has 3 aromatic rings. The van der Waals surface area contributed by atoms with Gasteiger partial charge in [-0.25, -0.2) is 9.37 Å². The summed E-state index contributed by atoms with van der Waals surface area (Å²) in [5.74, 6) is -2.21. The number of anilines is 1. The highest BCUT2D eigenvalue weighted by atomic mass is 35.5. The molecule has 2 amide bonds. The highest BCUT2D eigenvalue weighted by molar-refractivity contribution is 6.31. The van der Waals surface area contributed by atoms with E-state index in [0.29, 0.717) is 42.2 Å². The van der Waals surface area contributed by atoms with Crippen molar-refractivity contribution in [2.24, 2.45) is 5.92 Å². The van der Waals surface area contributed by atoms with Gasteiger partial charge in [-0.1, -0.05) is 11.6 Å². The first-order chi connectivity index (χ1) is 15.6. The Morgan fingerprint density at radius 1 is 1.15 bits per heavy atom. The van der Waals surface area contributed by atoms with Gasteiger partial charge in [0.25, 0.3) is 0 Å². The number of amides is 2. The average Bonchev–Trinajstić information content (AvgIpc) is 3.65. The fourth-order valence-corrected chi connectivity index (χ4v) is 4.07. The first kappa shape index (κ1) is 21.7. The summed E-state index contributed by atoms with van der Waals surface area (Å²) in [4.78, 5) is 33.1. The number of benzene rings is 2. The number of H-pyrrole nitrogens is 1. The minimum absolute atomic E-state index is 0.124. The summed E-state index contributed by atoms with van der Waals surface area (Å²) < 4.78 is 52.2. The van der Waals surface area contributed by atoms with Crippen LogP contribution in [0.3, 0.4) is 0 Å². The normalized spacial score (nSPS) is 21.0. The number of hydrogen-bond acceptors (Lipinski definition) is 3. The van der Waals surface area contributed by atoms with E-state index in [4.69, 9.17) is 11.6 Å². The topological polar surface area (TPSA) is 86.9 Å². The molecule has 0 saturated heterocycles. The number of carbonyl (C=O) groups excluding carboxylic acids is 2. The van der Waals surface area contributed by atoms with Crippen molar-refractivity contribution in [1.82, 2.24) is 15.3 Å². The highest BCUT2D eigenvalue weighted by Gasteiger charge is 2.55. The van der Waals surface area contributed by atoms with E-state index in [0.717, 1.165) is 17.1 Å². The Bertz CT molecular complexity index is 1290. The Hall–Kier alpha value is -3.14. The molecule has 1 aromatic heterocycles. The van der Waals surface area contributed by atoms with E-state index >= 15 is 0 Å². The molecule has 3 N–H and O–H groups in total. The van der Waals surface area contributed by atoms with Gasteiger partial charge in [-0.05, 0) is 55.7 Å². The van der Waals surface area contributed by atoms with Crippen LogP contribution in [0.25, 0.3) is 11.0 Å². The number of alkyl halides is 3. The summed E-state index contributed by atoms with van der Waals surface area (Å²) >= 11 is 5.98. The summed E-state index contributed by atoms with van der Waals surface area (Å²) in [6, 6.07) is 7.47. The van der Waals surface area contributed by atoms with Gasteiger partial charge in [-0.15, -0.1) is 0 Å². The smallest absolute Gasteiger partial charge is 0.342 e. The van der Waals surface area contributed by atoms with Crippen LogP contribution >= 0.6 is 11.6 Å². The molecule has 1 heterocycles. The SMILES string of the molecule is O=C(NC1(C(=O)Nc2ccc(F)c(C(F)(F)F)c2)CC1)C1C[C@@H]1c1nc2ccc(Cl)cc2[nH]1. The second kappa shape index (κ2) is 7.44. The first-order valence-corrected chi connectivity index (χ1v) is 10.6. The molecule has 172 valence electrons. The van der Waals surface area contributed by atoms with Gasteiger partial charge in [0.1, 0.15) is 17.2 Å². The van der Waals surface area contributed by atoms with Crippen LogP contribution < -0.4 is 10.6 Å². The molecule has 5 rings (SSSR count). The van der Waals surface area contributed by atoms with Gasteiger partial charge in [-0.3, -0.25) is 9.59 Å². The number of nitrogens with one attached hydrogen (secondary N) is 3.